The Morgan fingerprint density at radius 1 is 1.18 bits per heavy atom. The molecule has 1 heterocycles. The van der Waals surface area contributed by atoms with E-state index in [-0.39, 0.29) is 17.8 Å². The summed E-state index contributed by atoms with van der Waals surface area (Å²) in [6, 6.07) is 3.04. The van der Waals surface area contributed by atoms with Gasteiger partial charge in [0.2, 0.25) is 5.43 Å². The first-order valence-electron chi connectivity index (χ1n) is 7.96. The van der Waals surface area contributed by atoms with E-state index >= 15 is 0 Å². The fourth-order valence-corrected chi connectivity index (χ4v) is 2.79. The van der Waals surface area contributed by atoms with E-state index in [1.807, 2.05) is 5.92 Å². The van der Waals surface area contributed by atoms with Gasteiger partial charge >= 0.3 is 5.97 Å². The van der Waals surface area contributed by atoms with Gasteiger partial charge in [0.15, 0.2) is 11.6 Å². The van der Waals surface area contributed by atoms with Crippen LogP contribution in [0.25, 0.3) is 16.6 Å². The number of ether oxygens (including phenoxy) is 1. The van der Waals surface area contributed by atoms with Crippen molar-refractivity contribution in [2.75, 3.05) is 6.61 Å². The van der Waals surface area contributed by atoms with Crippen molar-refractivity contribution >= 4 is 16.9 Å². The molecule has 0 aliphatic carbocycles. The van der Waals surface area contributed by atoms with Crippen LogP contribution in [-0.4, -0.2) is 17.1 Å². The van der Waals surface area contributed by atoms with Crippen molar-refractivity contribution in [1.29, 1.82) is 0 Å². The zero-order valence-corrected chi connectivity index (χ0v) is 14.4. The van der Waals surface area contributed by atoms with Gasteiger partial charge in [-0.05, 0) is 25.1 Å². The molecule has 0 saturated carbocycles. The van der Waals surface area contributed by atoms with Crippen molar-refractivity contribution in [3.8, 4) is 18.0 Å². The summed E-state index contributed by atoms with van der Waals surface area (Å²) in [5, 5.41) is -0.457. The van der Waals surface area contributed by atoms with Crippen LogP contribution in [0, 0.1) is 35.6 Å². The number of nitrogens with zero attached hydrogens (tertiary/aromatic N) is 1. The first-order chi connectivity index (χ1) is 13.3. The second-order valence-electron chi connectivity index (χ2n) is 5.65. The molecule has 0 amide bonds. The Labute approximate surface area is 156 Å². The molecule has 142 valence electrons. The van der Waals surface area contributed by atoms with Crippen molar-refractivity contribution in [2.24, 2.45) is 0 Å². The van der Waals surface area contributed by atoms with Crippen LogP contribution >= 0.6 is 0 Å². The van der Waals surface area contributed by atoms with Crippen LogP contribution in [0.15, 0.2) is 35.3 Å². The summed E-state index contributed by atoms with van der Waals surface area (Å²) >= 11 is 0. The number of terminal acetylenes is 1. The molecule has 0 atom stereocenters. The Balaban J connectivity index is 2.55. The van der Waals surface area contributed by atoms with Gasteiger partial charge in [-0.15, -0.1) is 6.42 Å². The number of benzene rings is 2. The number of rotatable bonds is 3. The predicted molar refractivity (Wildman–Crippen MR) is 93.3 cm³/mol. The Morgan fingerprint density at radius 3 is 2.50 bits per heavy atom. The summed E-state index contributed by atoms with van der Waals surface area (Å²) in [6.07, 6.45) is 6.17. The predicted octanol–water partition coefficient (Wildman–Crippen LogP) is 3.71. The average molecular weight is 389 g/mol. The van der Waals surface area contributed by atoms with Gasteiger partial charge in [0.05, 0.1) is 28.8 Å². The molecule has 0 N–H and O–H groups in total. The van der Waals surface area contributed by atoms with Crippen LogP contribution in [0.4, 0.5) is 17.6 Å². The summed E-state index contributed by atoms with van der Waals surface area (Å²) in [6.45, 7) is 1.44. The topological polar surface area (TPSA) is 48.3 Å². The molecular formula is C20H11F4NO3. The highest BCUT2D eigenvalue weighted by Crippen LogP contribution is 2.27. The lowest BCUT2D eigenvalue weighted by atomic mass is 10.0. The summed E-state index contributed by atoms with van der Waals surface area (Å²) in [4.78, 5) is 24.8. The van der Waals surface area contributed by atoms with Crippen molar-refractivity contribution in [3.05, 3.63) is 75.1 Å². The molecule has 0 fully saturated rings. The van der Waals surface area contributed by atoms with Crippen LogP contribution in [0.1, 0.15) is 22.8 Å². The Kier molecular flexibility index (Phi) is 4.92. The molecule has 0 unspecified atom stereocenters. The summed E-state index contributed by atoms with van der Waals surface area (Å²) in [5.74, 6) is -3.90. The third kappa shape index (κ3) is 3.01. The van der Waals surface area contributed by atoms with Gasteiger partial charge in [0, 0.05) is 12.3 Å². The maximum atomic E-state index is 14.4. The highest BCUT2D eigenvalue weighted by Gasteiger charge is 2.23. The number of pyridine rings is 1. The Morgan fingerprint density at radius 2 is 1.89 bits per heavy atom. The minimum absolute atomic E-state index is 0.0609. The SMILES string of the molecule is C#Cc1c(F)c(F)cc2c(=O)c(C(=O)OCC)cn(-c3ccc(F)cc3F)c12. The van der Waals surface area contributed by atoms with E-state index in [2.05, 4.69) is 0 Å². The molecule has 2 aromatic carbocycles. The van der Waals surface area contributed by atoms with E-state index < -0.39 is 51.2 Å². The van der Waals surface area contributed by atoms with E-state index in [1.165, 1.54) is 6.92 Å². The van der Waals surface area contributed by atoms with Crippen molar-refractivity contribution in [3.63, 3.8) is 0 Å². The van der Waals surface area contributed by atoms with Crippen LogP contribution in [0.3, 0.4) is 0 Å². The largest absolute Gasteiger partial charge is 0.462 e. The van der Waals surface area contributed by atoms with Crippen LogP contribution in [-0.2, 0) is 4.74 Å². The van der Waals surface area contributed by atoms with Gasteiger partial charge in [0.1, 0.15) is 17.2 Å². The molecule has 0 radical (unpaired) electrons. The van der Waals surface area contributed by atoms with Crippen molar-refractivity contribution in [2.45, 2.75) is 6.92 Å². The third-order valence-electron chi connectivity index (χ3n) is 3.99. The van der Waals surface area contributed by atoms with E-state index in [4.69, 9.17) is 11.2 Å². The molecule has 3 rings (SSSR count). The summed E-state index contributed by atoms with van der Waals surface area (Å²) in [5.41, 5.74) is -2.84. The van der Waals surface area contributed by atoms with Crippen LogP contribution in [0.2, 0.25) is 0 Å². The standard InChI is InChI=1S/C20H11F4NO3/c1-3-11-17(24)15(23)8-12-18(11)25(16-6-5-10(21)7-14(16)22)9-13(19(12)26)20(27)28-4-2/h1,5-9H,4H2,2H3. The molecule has 0 aliphatic rings. The van der Waals surface area contributed by atoms with E-state index in [1.54, 1.807) is 0 Å². The molecule has 0 saturated heterocycles. The maximum absolute atomic E-state index is 14.4. The Hall–Kier alpha value is -3.60. The summed E-state index contributed by atoms with van der Waals surface area (Å²) in [7, 11) is 0. The monoisotopic (exact) mass is 389 g/mol. The number of hydrogen-bond donors (Lipinski definition) is 0. The Bertz CT molecular complexity index is 1230. The quantitative estimate of drug-likeness (QED) is 0.390. The zero-order valence-electron chi connectivity index (χ0n) is 14.4. The lowest BCUT2D eigenvalue weighted by Crippen LogP contribution is -2.22. The molecule has 28 heavy (non-hydrogen) atoms. The van der Waals surface area contributed by atoms with Crippen LogP contribution in [0.5, 0.6) is 0 Å². The van der Waals surface area contributed by atoms with Gasteiger partial charge in [-0.25, -0.2) is 22.4 Å². The normalized spacial score (nSPS) is 10.7. The number of fused-ring (bicyclic) bond motifs is 1. The first-order valence-corrected chi connectivity index (χ1v) is 7.96. The number of carbonyl (C=O) groups is 1. The smallest absolute Gasteiger partial charge is 0.343 e. The van der Waals surface area contributed by atoms with Gasteiger partial charge < -0.3 is 9.30 Å². The average Bonchev–Trinajstić information content (AvgIpc) is 2.64. The highest BCUT2D eigenvalue weighted by molar-refractivity contribution is 5.96. The van der Waals surface area contributed by atoms with Gasteiger partial charge in [-0.3, -0.25) is 4.79 Å². The molecule has 4 nitrogen and oxygen atoms in total. The number of aromatic nitrogens is 1. The fourth-order valence-electron chi connectivity index (χ4n) is 2.79. The first kappa shape index (κ1) is 19.2. The van der Waals surface area contributed by atoms with Gasteiger partial charge in [-0.2, -0.15) is 0 Å². The molecule has 0 spiro atoms. The van der Waals surface area contributed by atoms with Crippen molar-refractivity contribution in [1.82, 2.24) is 4.57 Å². The second-order valence-corrected chi connectivity index (χ2v) is 5.65. The zero-order chi connectivity index (χ0) is 20.6. The molecule has 8 heteroatoms. The maximum Gasteiger partial charge on any atom is 0.343 e. The highest BCUT2D eigenvalue weighted by atomic mass is 19.2. The van der Waals surface area contributed by atoms with Gasteiger partial charge in [-0.1, -0.05) is 5.92 Å². The van der Waals surface area contributed by atoms with Crippen LogP contribution < -0.4 is 5.43 Å². The summed E-state index contributed by atoms with van der Waals surface area (Å²) < 4.78 is 61.6. The molecule has 3 aromatic rings. The molecule has 0 aliphatic heterocycles. The molecule has 0 bridgehead atoms. The molecular weight excluding hydrogens is 378 g/mol. The lowest BCUT2D eigenvalue weighted by Gasteiger charge is -2.16. The molecule has 1 aromatic heterocycles. The van der Waals surface area contributed by atoms with Gasteiger partial charge in [0.25, 0.3) is 0 Å². The fraction of sp³-hybridized carbons (Fsp3) is 0.100. The number of halogens is 4. The lowest BCUT2D eigenvalue weighted by molar-refractivity contribution is 0.0524. The van der Waals surface area contributed by atoms with Crippen molar-refractivity contribution < 1.29 is 27.1 Å². The van der Waals surface area contributed by atoms with E-state index in [0.29, 0.717) is 12.1 Å². The van der Waals surface area contributed by atoms with E-state index in [9.17, 15) is 27.2 Å². The number of carbonyl (C=O) groups excluding carboxylic acids is 1. The number of esters is 1. The number of hydrogen-bond acceptors (Lipinski definition) is 3. The third-order valence-corrected chi connectivity index (χ3v) is 3.99. The second kappa shape index (κ2) is 7.19. The minimum atomic E-state index is -1.42. The van der Waals surface area contributed by atoms with E-state index in [0.717, 1.165) is 22.9 Å². The minimum Gasteiger partial charge on any atom is -0.462 e.